The number of carboxylic acids is 1. The van der Waals surface area contributed by atoms with E-state index in [4.69, 9.17) is 9.84 Å². The van der Waals surface area contributed by atoms with Crippen LogP contribution in [0.5, 0.6) is 0 Å². The molecule has 2 rings (SSSR count). The second-order valence-electron chi connectivity index (χ2n) is 4.08. The van der Waals surface area contributed by atoms with Crippen LogP contribution in [0.25, 0.3) is 0 Å². The maximum atomic E-state index is 12.3. The van der Waals surface area contributed by atoms with Crippen LogP contribution >= 0.6 is 15.9 Å². The summed E-state index contributed by atoms with van der Waals surface area (Å²) in [5.41, 5.74) is 0.454. The second kappa shape index (κ2) is 5.11. The number of ether oxygens (including phenoxy) is 1. The highest BCUT2D eigenvalue weighted by molar-refractivity contribution is 9.10. The van der Waals surface area contributed by atoms with E-state index in [9.17, 15) is 9.59 Å². The van der Waals surface area contributed by atoms with Gasteiger partial charge in [0.15, 0.2) is 6.04 Å². The summed E-state index contributed by atoms with van der Waals surface area (Å²) in [7, 11) is 1.74. The van der Waals surface area contributed by atoms with Gasteiger partial charge in [0.25, 0.3) is 5.91 Å². The Kier molecular flexibility index (Phi) is 3.72. The lowest BCUT2D eigenvalue weighted by Crippen LogP contribution is -2.52. The van der Waals surface area contributed by atoms with Crippen LogP contribution in [-0.2, 0) is 16.6 Å². The third kappa shape index (κ3) is 2.41. The fourth-order valence-electron chi connectivity index (χ4n) is 1.94. The van der Waals surface area contributed by atoms with E-state index in [1.165, 1.54) is 4.90 Å². The lowest BCUT2D eigenvalue weighted by Gasteiger charge is -2.32. The predicted octanol–water partition coefficient (Wildman–Crippen LogP) is 0.713. The van der Waals surface area contributed by atoms with Crippen molar-refractivity contribution in [3.8, 4) is 0 Å². The quantitative estimate of drug-likeness (QED) is 0.872. The number of morpholine rings is 1. The Labute approximate surface area is 112 Å². The maximum Gasteiger partial charge on any atom is 0.328 e. The van der Waals surface area contributed by atoms with Crippen molar-refractivity contribution < 1.29 is 19.4 Å². The molecule has 1 amide bonds. The smallest absolute Gasteiger partial charge is 0.328 e. The molecule has 6 nitrogen and oxygen atoms in total. The standard InChI is InChI=1S/C11H13BrN2O4/c1-13-5-7(12)4-8(13)10(15)14-2-3-18-6-9(14)11(16)17/h4-5,9H,2-3,6H2,1H3,(H,16,17). The van der Waals surface area contributed by atoms with Crippen LogP contribution in [-0.4, -0.2) is 52.3 Å². The van der Waals surface area contributed by atoms with E-state index in [1.807, 2.05) is 0 Å². The van der Waals surface area contributed by atoms with Crippen LogP contribution in [0.2, 0.25) is 0 Å². The Morgan fingerprint density at radius 2 is 2.28 bits per heavy atom. The van der Waals surface area contributed by atoms with Crippen LogP contribution in [0.4, 0.5) is 0 Å². The first kappa shape index (κ1) is 13.1. The molecule has 0 aromatic carbocycles. The molecule has 1 saturated heterocycles. The van der Waals surface area contributed by atoms with E-state index in [0.717, 1.165) is 4.47 Å². The molecule has 7 heteroatoms. The summed E-state index contributed by atoms with van der Waals surface area (Å²) in [6.07, 6.45) is 1.75. The molecule has 1 aliphatic rings. The molecule has 1 fully saturated rings. The van der Waals surface area contributed by atoms with Crippen molar-refractivity contribution in [2.45, 2.75) is 6.04 Å². The molecule has 0 spiro atoms. The highest BCUT2D eigenvalue weighted by Crippen LogP contribution is 2.18. The van der Waals surface area contributed by atoms with Crippen molar-refractivity contribution in [1.29, 1.82) is 0 Å². The van der Waals surface area contributed by atoms with E-state index in [0.29, 0.717) is 18.8 Å². The normalized spacial score (nSPS) is 19.9. The first-order valence-corrected chi connectivity index (χ1v) is 6.23. The zero-order chi connectivity index (χ0) is 13.3. The van der Waals surface area contributed by atoms with Crippen molar-refractivity contribution in [2.75, 3.05) is 19.8 Å². The van der Waals surface area contributed by atoms with Crippen LogP contribution < -0.4 is 0 Å². The van der Waals surface area contributed by atoms with E-state index >= 15 is 0 Å². The van der Waals surface area contributed by atoms with Crippen LogP contribution in [0.3, 0.4) is 0 Å². The van der Waals surface area contributed by atoms with Gasteiger partial charge in [-0.25, -0.2) is 4.79 Å². The van der Waals surface area contributed by atoms with E-state index in [1.54, 1.807) is 23.9 Å². The minimum atomic E-state index is -1.05. The largest absolute Gasteiger partial charge is 0.480 e. The number of carbonyl (C=O) groups excluding carboxylic acids is 1. The number of carboxylic acid groups (broad SMARTS) is 1. The molecular formula is C11H13BrN2O4. The lowest BCUT2D eigenvalue weighted by atomic mass is 10.2. The minimum absolute atomic E-state index is 0.0344. The monoisotopic (exact) mass is 316 g/mol. The molecule has 1 aromatic heterocycles. The Balaban J connectivity index is 2.26. The summed E-state index contributed by atoms with van der Waals surface area (Å²) in [6, 6.07) is 0.761. The van der Waals surface area contributed by atoms with Crippen LogP contribution in [0, 0.1) is 0 Å². The maximum absolute atomic E-state index is 12.3. The highest BCUT2D eigenvalue weighted by Gasteiger charge is 2.34. The molecule has 2 heterocycles. The third-order valence-electron chi connectivity index (χ3n) is 2.87. The van der Waals surface area contributed by atoms with E-state index < -0.39 is 12.0 Å². The van der Waals surface area contributed by atoms with Crippen molar-refractivity contribution in [3.63, 3.8) is 0 Å². The number of amides is 1. The topological polar surface area (TPSA) is 71.8 Å². The fraction of sp³-hybridized carbons (Fsp3) is 0.455. The second-order valence-corrected chi connectivity index (χ2v) is 5.00. The summed E-state index contributed by atoms with van der Waals surface area (Å²) in [5, 5.41) is 9.09. The van der Waals surface area contributed by atoms with Gasteiger partial charge in [0.2, 0.25) is 0 Å². The molecule has 1 unspecified atom stereocenters. The summed E-state index contributed by atoms with van der Waals surface area (Å²) in [5.74, 6) is -1.34. The Bertz CT molecular complexity index is 485. The van der Waals surface area contributed by atoms with Gasteiger partial charge < -0.3 is 19.3 Å². The zero-order valence-corrected chi connectivity index (χ0v) is 11.4. The lowest BCUT2D eigenvalue weighted by molar-refractivity contribution is -0.147. The van der Waals surface area contributed by atoms with Crippen molar-refractivity contribution >= 4 is 27.8 Å². The van der Waals surface area contributed by atoms with Crippen molar-refractivity contribution in [2.24, 2.45) is 7.05 Å². The van der Waals surface area contributed by atoms with Gasteiger partial charge in [0, 0.05) is 24.3 Å². The van der Waals surface area contributed by atoms with E-state index in [-0.39, 0.29) is 12.5 Å². The molecule has 1 aliphatic heterocycles. The predicted molar refractivity (Wildman–Crippen MR) is 66.4 cm³/mol. The van der Waals surface area contributed by atoms with Gasteiger partial charge in [-0.15, -0.1) is 0 Å². The minimum Gasteiger partial charge on any atom is -0.480 e. The number of aromatic nitrogens is 1. The SMILES string of the molecule is Cn1cc(Br)cc1C(=O)N1CCOCC1C(=O)O. The van der Waals surface area contributed by atoms with Crippen LogP contribution in [0.1, 0.15) is 10.5 Å². The number of aryl methyl sites for hydroxylation is 1. The Morgan fingerprint density at radius 3 is 2.83 bits per heavy atom. The number of nitrogens with zero attached hydrogens (tertiary/aromatic N) is 2. The van der Waals surface area contributed by atoms with Crippen molar-refractivity contribution in [1.82, 2.24) is 9.47 Å². The number of hydrogen-bond acceptors (Lipinski definition) is 3. The fourth-order valence-corrected chi connectivity index (χ4v) is 2.46. The number of halogens is 1. The molecule has 0 radical (unpaired) electrons. The molecule has 98 valence electrons. The van der Waals surface area contributed by atoms with Crippen LogP contribution in [0.15, 0.2) is 16.7 Å². The number of hydrogen-bond donors (Lipinski definition) is 1. The third-order valence-corrected chi connectivity index (χ3v) is 3.30. The average molecular weight is 317 g/mol. The summed E-state index contributed by atoms with van der Waals surface area (Å²) >= 11 is 3.29. The number of aliphatic carboxylic acids is 1. The molecule has 18 heavy (non-hydrogen) atoms. The molecule has 0 bridgehead atoms. The Morgan fingerprint density at radius 1 is 1.56 bits per heavy atom. The van der Waals surface area contributed by atoms with Crippen molar-refractivity contribution in [3.05, 3.63) is 22.4 Å². The van der Waals surface area contributed by atoms with Gasteiger partial charge in [0.1, 0.15) is 5.69 Å². The molecule has 0 saturated carbocycles. The zero-order valence-electron chi connectivity index (χ0n) is 9.80. The first-order valence-electron chi connectivity index (χ1n) is 5.44. The van der Waals surface area contributed by atoms with Gasteiger partial charge in [-0.1, -0.05) is 0 Å². The summed E-state index contributed by atoms with van der Waals surface area (Å²) in [6.45, 7) is 0.687. The van der Waals surface area contributed by atoms with E-state index in [2.05, 4.69) is 15.9 Å². The van der Waals surface area contributed by atoms with Gasteiger partial charge in [-0.05, 0) is 22.0 Å². The molecular weight excluding hydrogens is 304 g/mol. The molecule has 1 aromatic rings. The Hall–Kier alpha value is -1.34. The highest BCUT2D eigenvalue weighted by atomic mass is 79.9. The molecule has 1 N–H and O–H groups in total. The van der Waals surface area contributed by atoms with Gasteiger partial charge >= 0.3 is 5.97 Å². The van der Waals surface area contributed by atoms with Gasteiger partial charge in [-0.3, -0.25) is 4.79 Å². The molecule has 0 aliphatic carbocycles. The van der Waals surface area contributed by atoms with Gasteiger partial charge in [-0.2, -0.15) is 0 Å². The summed E-state index contributed by atoms with van der Waals surface area (Å²) < 4.78 is 7.56. The number of rotatable bonds is 2. The molecule has 1 atom stereocenters. The average Bonchev–Trinajstić information content (AvgIpc) is 2.67. The van der Waals surface area contributed by atoms with Gasteiger partial charge in [0.05, 0.1) is 13.2 Å². The number of carbonyl (C=O) groups is 2. The first-order chi connectivity index (χ1) is 8.50. The summed E-state index contributed by atoms with van der Waals surface area (Å²) in [4.78, 5) is 24.8.